The van der Waals surface area contributed by atoms with Crippen molar-refractivity contribution in [1.29, 1.82) is 0 Å². The van der Waals surface area contributed by atoms with Crippen LogP contribution in [0.3, 0.4) is 0 Å². The van der Waals surface area contributed by atoms with Gasteiger partial charge in [0.15, 0.2) is 0 Å². The van der Waals surface area contributed by atoms with Crippen molar-refractivity contribution in [3.63, 3.8) is 0 Å². The second-order valence-electron chi connectivity index (χ2n) is 4.31. The van der Waals surface area contributed by atoms with E-state index in [1.165, 1.54) is 6.07 Å². The Bertz CT molecular complexity index is 477. The van der Waals surface area contributed by atoms with Crippen LogP contribution in [-0.4, -0.2) is 6.04 Å². The quantitative estimate of drug-likeness (QED) is 0.862. The van der Waals surface area contributed by atoms with Gasteiger partial charge in [-0.1, -0.05) is 26.0 Å². The van der Waals surface area contributed by atoms with Crippen LogP contribution in [0.1, 0.15) is 19.4 Å². The van der Waals surface area contributed by atoms with Gasteiger partial charge in [-0.2, -0.15) is 0 Å². The monoisotopic (exact) mass is 249 g/mol. The zero-order chi connectivity index (χ0) is 12.3. The highest BCUT2D eigenvalue weighted by Crippen LogP contribution is 2.28. The fraction of sp³-hybridized carbons (Fsp3) is 0.286. The Morgan fingerprint density at radius 1 is 1.29 bits per heavy atom. The van der Waals surface area contributed by atoms with Gasteiger partial charge >= 0.3 is 0 Å². The molecule has 2 aromatic rings. The van der Waals surface area contributed by atoms with Gasteiger partial charge in [-0.3, -0.25) is 0 Å². The number of benzene rings is 1. The van der Waals surface area contributed by atoms with Crippen LogP contribution in [0, 0.1) is 5.82 Å². The van der Waals surface area contributed by atoms with E-state index in [2.05, 4.69) is 19.2 Å². The van der Waals surface area contributed by atoms with E-state index in [0.29, 0.717) is 6.04 Å². The third kappa shape index (κ3) is 3.14. The summed E-state index contributed by atoms with van der Waals surface area (Å²) in [6.07, 6.45) is 0. The van der Waals surface area contributed by atoms with Gasteiger partial charge in [0.2, 0.25) is 0 Å². The molecule has 0 spiro atoms. The molecule has 3 heteroatoms. The topological polar surface area (TPSA) is 12.0 Å². The van der Waals surface area contributed by atoms with E-state index in [4.69, 9.17) is 0 Å². The zero-order valence-electron chi connectivity index (χ0n) is 10.0. The lowest BCUT2D eigenvalue weighted by Gasteiger charge is -2.12. The molecule has 0 saturated carbocycles. The fourth-order valence-electron chi connectivity index (χ4n) is 1.68. The van der Waals surface area contributed by atoms with Crippen molar-refractivity contribution in [2.24, 2.45) is 0 Å². The molecule has 0 amide bonds. The molecule has 1 N–H and O–H groups in total. The molecule has 1 aromatic carbocycles. The van der Waals surface area contributed by atoms with E-state index in [0.717, 1.165) is 22.5 Å². The predicted octanol–water partition coefficient (Wildman–Crippen LogP) is 4.05. The highest BCUT2D eigenvalue weighted by Gasteiger charge is 2.07. The highest BCUT2D eigenvalue weighted by atomic mass is 32.1. The van der Waals surface area contributed by atoms with Gasteiger partial charge in [0.1, 0.15) is 5.82 Å². The Balaban J connectivity index is 2.31. The molecule has 1 nitrogen and oxygen atoms in total. The number of hydrogen-bond acceptors (Lipinski definition) is 2. The summed E-state index contributed by atoms with van der Waals surface area (Å²) in [5.41, 5.74) is 2.13. The number of thiophene rings is 1. The SMILES string of the molecule is CC(C)NCc1ccc(F)cc1-c1cccs1. The maximum absolute atomic E-state index is 13.3. The van der Waals surface area contributed by atoms with Crippen LogP contribution < -0.4 is 5.32 Å². The molecule has 0 aliphatic carbocycles. The fourth-order valence-corrected chi connectivity index (χ4v) is 2.46. The smallest absolute Gasteiger partial charge is 0.123 e. The summed E-state index contributed by atoms with van der Waals surface area (Å²) >= 11 is 1.64. The maximum Gasteiger partial charge on any atom is 0.123 e. The van der Waals surface area contributed by atoms with Gasteiger partial charge in [-0.15, -0.1) is 11.3 Å². The predicted molar refractivity (Wildman–Crippen MR) is 71.7 cm³/mol. The second-order valence-corrected chi connectivity index (χ2v) is 5.26. The van der Waals surface area contributed by atoms with E-state index < -0.39 is 0 Å². The van der Waals surface area contributed by atoms with Crippen LogP contribution in [0.25, 0.3) is 10.4 Å². The zero-order valence-corrected chi connectivity index (χ0v) is 10.9. The molecule has 90 valence electrons. The molecular formula is C14H16FNS. The Hall–Kier alpha value is -1.19. The first-order valence-corrected chi connectivity index (χ1v) is 6.60. The summed E-state index contributed by atoms with van der Waals surface area (Å²) in [5.74, 6) is -0.179. The van der Waals surface area contributed by atoms with Crippen LogP contribution in [-0.2, 0) is 6.54 Å². The van der Waals surface area contributed by atoms with Crippen molar-refractivity contribution in [1.82, 2.24) is 5.32 Å². The number of hydrogen-bond donors (Lipinski definition) is 1. The number of nitrogens with one attached hydrogen (secondary N) is 1. The number of halogens is 1. The van der Waals surface area contributed by atoms with Crippen molar-refractivity contribution >= 4 is 11.3 Å². The molecule has 17 heavy (non-hydrogen) atoms. The Morgan fingerprint density at radius 3 is 2.76 bits per heavy atom. The van der Waals surface area contributed by atoms with Crippen LogP contribution in [0.15, 0.2) is 35.7 Å². The molecule has 0 unspecified atom stereocenters. The molecule has 0 saturated heterocycles. The van der Waals surface area contributed by atoms with Crippen LogP contribution in [0.5, 0.6) is 0 Å². The van der Waals surface area contributed by atoms with Crippen LogP contribution >= 0.6 is 11.3 Å². The largest absolute Gasteiger partial charge is 0.310 e. The molecule has 0 aliphatic heterocycles. The van der Waals surface area contributed by atoms with E-state index in [9.17, 15) is 4.39 Å². The Morgan fingerprint density at radius 2 is 2.12 bits per heavy atom. The van der Waals surface area contributed by atoms with Crippen LogP contribution in [0.2, 0.25) is 0 Å². The highest BCUT2D eigenvalue weighted by molar-refractivity contribution is 7.13. The van der Waals surface area contributed by atoms with E-state index >= 15 is 0 Å². The van der Waals surface area contributed by atoms with Gasteiger partial charge in [0, 0.05) is 17.5 Å². The minimum atomic E-state index is -0.179. The van der Waals surface area contributed by atoms with Gasteiger partial charge in [0.25, 0.3) is 0 Å². The third-order valence-corrected chi connectivity index (χ3v) is 3.46. The Labute approximate surface area is 105 Å². The lowest BCUT2D eigenvalue weighted by molar-refractivity contribution is 0.587. The molecule has 0 bridgehead atoms. The first-order valence-electron chi connectivity index (χ1n) is 5.72. The van der Waals surface area contributed by atoms with E-state index in [1.807, 2.05) is 23.6 Å². The number of rotatable bonds is 4. The first kappa shape index (κ1) is 12.3. The molecule has 0 atom stereocenters. The maximum atomic E-state index is 13.3. The molecule has 1 heterocycles. The molecular weight excluding hydrogens is 233 g/mol. The molecule has 0 fully saturated rings. The summed E-state index contributed by atoms with van der Waals surface area (Å²) < 4.78 is 13.3. The lowest BCUT2D eigenvalue weighted by Crippen LogP contribution is -2.22. The molecule has 0 radical (unpaired) electrons. The summed E-state index contributed by atoms with van der Waals surface area (Å²) in [6, 6.07) is 9.44. The second kappa shape index (κ2) is 5.43. The van der Waals surface area contributed by atoms with Crippen molar-refractivity contribution < 1.29 is 4.39 Å². The summed E-state index contributed by atoms with van der Waals surface area (Å²) in [4.78, 5) is 1.12. The van der Waals surface area contributed by atoms with Gasteiger partial charge < -0.3 is 5.32 Å². The third-order valence-electron chi connectivity index (χ3n) is 2.56. The minimum Gasteiger partial charge on any atom is -0.310 e. The summed E-state index contributed by atoms with van der Waals surface area (Å²) in [6.45, 7) is 4.98. The van der Waals surface area contributed by atoms with Gasteiger partial charge in [0.05, 0.1) is 0 Å². The normalized spacial score (nSPS) is 11.1. The average molecular weight is 249 g/mol. The summed E-state index contributed by atoms with van der Waals surface area (Å²) in [7, 11) is 0. The van der Waals surface area contributed by atoms with E-state index in [1.54, 1.807) is 17.4 Å². The van der Waals surface area contributed by atoms with Gasteiger partial charge in [-0.05, 0) is 34.7 Å². The van der Waals surface area contributed by atoms with Gasteiger partial charge in [-0.25, -0.2) is 4.39 Å². The molecule has 2 rings (SSSR count). The first-order chi connectivity index (χ1) is 8.16. The standard InChI is InChI=1S/C14H16FNS/c1-10(2)16-9-11-5-6-12(15)8-13(11)14-4-3-7-17-14/h3-8,10,16H,9H2,1-2H3. The average Bonchev–Trinajstić information content (AvgIpc) is 2.80. The Kier molecular flexibility index (Phi) is 3.92. The van der Waals surface area contributed by atoms with Crippen LogP contribution in [0.4, 0.5) is 4.39 Å². The molecule has 0 aliphatic rings. The van der Waals surface area contributed by atoms with E-state index in [-0.39, 0.29) is 5.82 Å². The summed E-state index contributed by atoms with van der Waals surface area (Å²) in [5, 5.41) is 5.38. The van der Waals surface area contributed by atoms with Crippen molar-refractivity contribution in [2.75, 3.05) is 0 Å². The lowest BCUT2D eigenvalue weighted by atomic mass is 10.1. The van der Waals surface area contributed by atoms with Crippen molar-refractivity contribution in [2.45, 2.75) is 26.4 Å². The van der Waals surface area contributed by atoms with Crippen molar-refractivity contribution in [3.05, 3.63) is 47.1 Å². The van der Waals surface area contributed by atoms with Crippen molar-refractivity contribution in [3.8, 4) is 10.4 Å². The molecule has 1 aromatic heterocycles. The minimum absolute atomic E-state index is 0.179.